The minimum absolute atomic E-state index is 0.0457. The highest BCUT2D eigenvalue weighted by Crippen LogP contribution is 2.25. The van der Waals surface area contributed by atoms with Crippen molar-refractivity contribution in [2.75, 3.05) is 14.2 Å². The van der Waals surface area contributed by atoms with Crippen LogP contribution in [0.5, 0.6) is 11.5 Å². The fourth-order valence-corrected chi connectivity index (χ4v) is 2.40. The smallest absolute Gasteiger partial charge is 0.165 e. The van der Waals surface area contributed by atoms with E-state index in [4.69, 9.17) is 9.47 Å². The molecule has 4 heteroatoms. The molecule has 0 aliphatic rings. The summed E-state index contributed by atoms with van der Waals surface area (Å²) in [6, 6.07) is 11.6. The van der Waals surface area contributed by atoms with Crippen molar-refractivity contribution >= 4 is 5.78 Å². The van der Waals surface area contributed by atoms with Crippen molar-refractivity contribution in [3.8, 4) is 11.5 Å². The molecular weight excluding hydrogens is 295 g/mol. The molecule has 0 aliphatic carbocycles. The fourth-order valence-electron chi connectivity index (χ4n) is 2.40. The molecular formula is C19H21FO3. The molecule has 0 saturated heterocycles. The Labute approximate surface area is 136 Å². The lowest BCUT2D eigenvalue weighted by Crippen LogP contribution is -2.12. The Hall–Kier alpha value is -2.36. The summed E-state index contributed by atoms with van der Waals surface area (Å²) in [4.78, 5) is 12.6. The number of halogens is 1. The van der Waals surface area contributed by atoms with Gasteiger partial charge in [-0.3, -0.25) is 4.79 Å². The number of benzene rings is 2. The SMILES string of the molecule is COc1cc(OC)cc(C(=O)[C@H](C)CCc2ccc(F)cc2)c1. The first kappa shape index (κ1) is 17.0. The van der Waals surface area contributed by atoms with E-state index >= 15 is 0 Å². The number of methoxy groups -OCH3 is 2. The van der Waals surface area contributed by atoms with Crippen molar-refractivity contribution in [1.82, 2.24) is 0 Å². The second kappa shape index (κ2) is 7.77. The topological polar surface area (TPSA) is 35.5 Å². The van der Waals surface area contributed by atoms with E-state index in [1.54, 1.807) is 44.6 Å². The maximum atomic E-state index is 12.9. The number of ether oxygens (including phenoxy) is 2. The van der Waals surface area contributed by atoms with E-state index in [1.807, 2.05) is 6.92 Å². The van der Waals surface area contributed by atoms with Gasteiger partial charge in [0.1, 0.15) is 17.3 Å². The first-order valence-corrected chi connectivity index (χ1v) is 7.55. The molecule has 0 fully saturated rings. The Morgan fingerprint density at radius 1 is 1.04 bits per heavy atom. The summed E-state index contributed by atoms with van der Waals surface area (Å²) in [6.45, 7) is 1.90. The van der Waals surface area contributed by atoms with Gasteiger partial charge in [0.15, 0.2) is 5.78 Å². The lowest BCUT2D eigenvalue weighted by Gasteiger charge is -2.13. The zero-order valence-electron chi connectivity index (χ0n) is 13.6. The van der Waals surface area contributed by atoms with Gasteiger partial charge in [-0.2, -0.15) is 0 Å². The van der Waals surface area contributed by atoms with Gasteiger partial charge in [0, 0.05) is 17.5 Å². The predicted octanol–water partition coefficient (Wildman–Crippen LogP) is 4.29. The van der Waals surface area contributed by atoms with Crippen LogP contribution >= 0.6 is 0 Å². The summed E-state index contributed by atoms with van der Waals surface area (Å²) in [5, 5.41) is 0. The van der Waals surface area contributed by atoms with Crippen molar-refractivity contribution in [3.05, 3.63) is 59.4 Å². The van der Waals surface area contributed by atoms with Crippen molar-refractivity contribution < 1.29 is 18.7 Å². The van der Waals surface area contributed by atoms with Gasteiger partial charge in [-0.05, 0) is 42.7 Å². The highest BCUT2D eigenvalue weighted by atomic mass is 19.1. The van der Waals surface area contributed by atoms with Crippen LogP contribution in [0.1, 0.15) is 29.3 Å². The lowest BCUT2D eigenvalue weighted by atomic mass is 9.93. The van der Waals surface area contributed by atoms with Crippen molar-refractivity contribution in [3.63, 3.8) is 0 Å². The average molecular weight is 316 g/mol. The molecule has 2 aromatic rings. The maximum Gasteiger partial charge on any atom is 0.165 e. The van der Waals surface area contributed by atoms with Crippen LogP contribution in [0.15, 0.2) is 42.5 Å². The number of hydrogen-bond donors (Lipinski definition) is 0. The highest BCUT2D eigenvalue weighted by molar-refractivity contribution is 5.98. The first-order valence-electron chi connectivity index (χ1n) is 7.55. The van der Waals surface area contributed by atoms with Crippen LogP contribution in [0.2, 0.25) is 0 Å². The Kier molecular flexibility index (Phi) is 5.74. The monoisotopic (exact) mass is 316 g/mol. The number of rotatable bonds is 7. The number of carbonyl (C=O) groups is 1. The number of Topliss-reactive ketones (excluding diaryl/α,β-unsaturated/α-hetero) is 1. The molecule has 0 bridgehead atoms. The fraction of sp³-hybridized carbons (Fsp3) is 0.316. The molecule has 122 valence electrons. The van der Waals surface area contributed by atoms with Crippen LogP contribution < -0.4 is 9.47 Å². The van der Waals surface area contributed by atoms with Gasteiger partial charge < -0.3 is 9.47 Å². The molecule has 1 atom stereocenters. The van der Waals surface area contributed by atoms with Gasteiger partial charge in [0.05, 0.1) is 14.2 Å². The van der Waals surface area contributed by atoms with Crippen LogP contribution in [0, 0.1) is 11.7 Å². The number of ketones is 1. The first-order chi connectivity index (χ1) is 11.0. The third-order valence-electron chi connectivity index (χ3n) is 3.86. The largest absolute Gasteiger partial charge is 0.497 e. The standard InChI is InChI=1S/C19H21FO3/c1-13(4-5-14-6-8-16(20)9-7-14)19(21)15-10-17(22-2)12-18(11-15)23-3/h6-13H,4-5H2,1-3H3/t13-/m1/s1. The third-order valence-corrected chi connectivity index (χ3v) is 3.86. The highest BCUT2D eigenvalue weighted by Gasteiger charge is 2.17. The molecule has 0 N–H and O–H groups in total. The van der Waals surface area contributed by atoms with E-state index in [1.165, 1.54) is 12.1 Å². The third kappa shape index (κ3) is 4.55. The van der Waals surface area contributed by atoms with Crippen LogP contribution in [0.3, 0.4) is 0 Å². The summed E-state index contributed by atoms with van der Waals surface area (Å²) < 4.78 is 23.3. The molecule has 0 amide bonds. The van der Waals surface area contributed by atoms with Gasteiger partial charge >= 0.3 is 0 Å². The molecule has 0 spiro atoms. The zero-order valence-corrected chi connectivity index (χ0v) is 13.6. The Balaban J connectivity index is 2.05. The Morgan fingerprint density at radius 3 is 2.13 bits per heavy atom. The summed E-state index contributed by atoms with van der Waals surface area (Å²) in [7, 11) is 3.11. The van der Waals surface area contributed by atoms with Crippen molar-refractivity contribution in [1.29, 1.82) is 0 Å². The van der Waals surface area contributed by atoms with Crippen molar-refractivity contribution in [2.45, 2.75) is 19.8 Å². The maximum absolute atomic E-state index is 12.9. The quantitative estimate of drug-likeness (QED) is 0.715. The van der Waals surface area contributed by atoms with Crippen LogP contribution in [-0.4, -0.2) is 20.0 Å². The molecule has 2 aromatic carbocycles. The predicted molar refractivity (Wildman–Crippen MR) is 87.8 cm³/mol. The normalized spacial score (nSPS) is 11.8. The second-order valence-corrected chi connectivity index (χ2v) is 5.53. The summed E-state index contributed by atoms with van der Waals surface area (Å²) in [6.07, 6.45) is 1.43. The molecule has 2 rings (SSSR count). The Bertz CT molecular complexity index is 643. The minimum atomic E-state index is -0.249. The van der Waals surface area contributed by atoms with Gasteiger partial charge in [-0.25, -0.2) is 4.39 Å². The summed E-state index contributed by atoms with van der Waals surface area (Å²) in [5.41, 5.74) is 1.60. The zero-order chi connectivity index (χ0) is 16.8. The molecule has 0 aromatic heterocycles. The summed E-state index contributed by atoms with van der Waals surface area (Å²) >= 11 is 0. The molecule has 3 nitrogen and oxygen atoms in total. The van der Waals surface area contributed by atoms with E-state index in [2.05, 4.69) is 0 Å². The number of aryl methyl sites for hydroxylation is 1. The molecule has 0 unspecified atom stereocenters. The average Bonchev–Trinajstić information content (AvgIpc) is 2.59. The molecule has 0 radical (unpaired) electrons. The van der Waals surface area contributed by atoms with Crippen LogP contribution in [0.4, 0.5) is 4.39 Å². The molecule has 0 heterocycles. The number of hydrogen-bond acceptors (Lipinski definition) is 3. The number of carbonyl (C=O) groups excluding carboxylic acids is 1. The van der Waals surface area contributed by atoms with E-state index < -0.39 is 0 Å². The van der Waals surface area contributed by atoms with Gasteiger partial charge in [-0.15, -0.1) is 0 Å². The molecule has 0 saturated carbocycles. The summed E-state index contributed by atoms with van der Waals surface area (Å²) in [5.74, 6) is 0.847. The van der Waals surface area contributed by atoms with E-state index in [-0.39, 0.29) is 17.5 Å². The second-order valence-electron chi connectivity index (χ2n) is 5.53. The van der Waals surface area contributed by atoms with Gasteiger partial charge in [-0.1, -0.05) is 19.1 Å². The lowest BCUT2D eigenvalue weighted by molar-refractivity contribution is 0.0923. The Morgan fingerprint density at radius 2 is 1.61 bits per heavy atom. The van der Waals surface area contributed by atoms with Crippen molar-refractivity contribution in [2.24, 2.45) is 5.92 Å². The minimum Gasteiger partial charge on any atom is -0.497 e. The van der Waals surface area contributed by atoms with Crippen LogP contribution in [0.25, 0.3) is 0 Å². The van der Waals surface area contributed by atoms with E-state index in [0.717, 1.165) is 12.0 Å². The molecule has 0 aliphatic heterocycles. The van der Waals surface area contributed by atoms with Crippen LogP contribution in [-0.2, 0) is 6.42 Å². The van der Waals surface area contributed by atoms with Gasteiger partial charge in [0.2, 0.25) is 0 Å². The van der Waals surface area contributed by atoms with E-state index in [9.17, 15) is 9.18 Å². The van der Waals surface area contributed by atoms with E-state index in [0.29, 0.717) is 23.5 Å². The van der Waals surface area contributed by atoms with Gasteiger partial charge in [0.25, 0.3) is 0 Å². The molecule has 23 heavy (non-hydrogen) atoms.